The van der Waals surface area contributed by atoms with Crippen molar-refractivity contribution in [3.63, 3.8) is 0 Å². The van der Waals surface area contributed by atoms with Crippen LogP contribution in [0.4, 0.5) is 5.69 Å². The highest BCUT2D eigenvalue weighted by Gasteiger charge is 2.14. The number of aryl methyl sites for hydroxylation is 2. The zero-order valence-electron chi connectivity index (χ0n) is 13.8. The van der Waals surface area contributed by atoms with Crippen molar-refractivity contribution in [1.82, 2.24) is 20.6 Å². The third kappa shape index (κ3) is 5.31. The maximum Gasteiger partial charge on any atom is 0.243 e. The molecule has 0 aliphatic carbocycles. The van der Waals surface area contributed by atoms with Crippen LogP contribution in [0.5, 0.6) is 0 Å². The first kappa shape index (κ1) is 18.4. The maximum atomic E-state index is 12.1. The number of thiocarbonyl (C=S) groups is 1. The second kappa shape index (κ2) is 8.25. The van der Waals surface area contributed by atoms with E-state index in [1.54, 1.807) is 10.9 Å². The highest BCUT2D eigenvalue weighted by Crippen LogP contribution is 2.15. The van der Waals surface area contributed by atoms with Crippen LogP contribution in [0.3, 0.4) is 0 Å². The first-order valence-electron chi connectivity index (χ1n) is 7.47. The number of benzene rings is 1. The fourth-order valence-corrected chi connectivity index (χ4v) is 2.64. The van der Waals surface area contributed by atoms with Gasteiger partial charge in [0.2, 0.25) is 5.91 Å². The molecule has 2 aromatic rings. The van der Waals surface area contributed by atoms with Gasteiger partial charge in [-0.2, -0.15) is 5.10 Å². The van der Waals surface area contributed by atoms with E-state index in [-0.39, 0.29) is 11.8 Å². The topological polar surface area (TPSA) is 71.0 Å². The Hall–Kier alpha value is -1.93. The molecule has 1 amide bonds. The van der Waals surface area contributed by atoms with Gasteiger partial charge in [0.25, 0.3) is 0 Å². The number of carbonyl (C=O) groups is 1. The average Bonchev–Trinajstić information content (AvgIpc) is 2.92. The fraction of sp³-hybridized carbons (Fsp3) is 0.312. The van der Waals surface area contributed by atoms with Gasteiger partial charge in [-0.05, 0) is 53.6 Å². The Morgan fingerprint density at radius 3 is 2.75 bits per heavy atom. The van der Waals surface area contributed by atoms with Crippen LogP contribution in [0.1, 0.15) is 18.1 Å². The summed E-state index contributed by atoms with van der Waals surface area (Å²) in [6, 6.07) is 6.02. The highest BCUT2D eigenvalue weighted by atomic mass is 79.9. The fourth-order valence-electron chi connectivity index (χ4n) is 2.15. The van der Waals surface area contributed by atoms with Gasteiger partial charge in [-0.3, -0.25) is 20.3 Å². The molecular formula is C16H20BrN5OS. The van der Waals surface area contributed by atoms with Crippen molar-refractivity contribution in [1.29, 1.82) is 0 Å². The Balaban J connectivity index is 1.81. The molecule has 0 aliphatic heterocycles. The summed E-state index contributed by atoms with van der Waals surface area (Å²) < 4.78 is 2.59. The SMILES string of the molecule is Cc1ccc(NC(=S)NNC(=O)[C@@H](C)Cn2cc(Br)cn2)c(C)c1. The standard InChI is InChI=1S/C16H20BrN5OS/c1-10-4-5-14(11(2)6-10)19-16(24)21-20-15(23)12(3)8-22-9-13(17)7-18-22/h4-7,9,12H,8H2,1-3H3,(H,20,23)(H2,19,21,24)/t12-/m0/s1. The first-order chi connectivity index (χ1) is 11.3. The predicted octanol–water partition coefficient (Wildman–Crippen LogP) is 2.92. The van der Waals surface area contributed by atoms with Crippen LogP contribution in [0.2, 0.25) is 0 Å². The minimum Gasteiger partial charge on any atom is -0.331 e. The minimum atomic E-state index is -0.256. The van der Waals surface area contributed by atoms with E-state index >= 15 is 0 Å². The van der Waals surface area contributed by atoms with E-state index in [4.69, 9.17) is 12.2 Å². The number of amides is 1. The molecule has 0 fully saturated rings. The molecule has 1 aromatic heterocycles. The first-order valence-corrected chi connectivity index (χ1v) is 8.67. The number of halogens is 1. The lowest BCUT2D eigenvalue weighted by atomic mass is 10.1. The lowest BCUT2D eigenvalue weighted by Crippen LogP contribution is -2.46. The zero-order chi connectivity index (χ0) is 17.7. The van der Waals surface area contributed by atoms with Crippen molar-refractivity contribution in [2.24, 2.45) is 5.92 Å². The van der Waals surface area contributed by atoms with Crippen LogP contribution in [0.15, 0.2) is 35.1 Å². The minimum absolute atomic E-state index is 0.161. The summed E-state index contributed by atoms with van der Waals surface area (Å²) in [5, 5.41) is 7.54. The summed E-state index contributed by atoms with van der Waals surface area (Å²) in [4.78, 5) is 12.1. The van der Waals surface area contributed by atoms with Gasteiger partial charge in [0.15, 0.2) is 5.11 Å². The summed E-state index contributed by atoms with van der Waals surface area (Å²) in [7, 11) is 0. The predicted molar refractivity (Wildman–Crippen MR) is 103 cm³/mol. The summed E-state index contributed by atoms with van der Waals surface area (Å²) in [5.41, 5.74) is 8.52. The van der Waals surface area contributed by atoms with E-state index in [0.717, 1.165) is 15.7 Å². The van der Waals surface area contributed by atoms with Gasteiger partial charge in [0.05, 0.1) is 23.1 Å². The maximum absolute atomic E-state index is 12.1. The summed E-state index contributed by atoms with van der Waals surface area (Å²) in [6.07, 6.45) is 3.51. The van der Waals surface area contributed by atoms with Gasteiger partial charge in [0, 0.05) is 11.9 Å². The Morgan fingerprint density at radius 2 is 2.12 bits per heavy atom. The van der Waals surface area contributed by atoms with E-state index < -0.39 is 0 Å². The lowest BCUT2D eigenvalue weighted by Gasteiger charge is -2.16. The largest absolute Gasteiger partial charge is 0.331 e. The number of hydrazine groups is 1. The van der Waals surface area contributed by atoms with Crippen molar-refractivity contribution in [2.75, 3.05) is 5.32 Å². The van der Waals surface area contributed by atoms with Gasteiger partial charge in [-0.25, -0.2) is 0 Å². The monoisotopic (exact) mass is 409 g/mol. The van der Waals surface area contributed by atoms with Crippen LogP contribution in [0, 0.1) is 19.8 Å². The molecule has 1 aromatic carbocycles. The molecule has 24 heavy (non-hydrogen) atoms. The van der Waals surface area contributed by atoms with Crippen molar-refractivity contribution in [3.8, 4) is 0 Å². The highest BCUT2D eigenvalue weighted by molar-refractivity contribution is 9.10. The van der Waals surface area contributed by atoms with Crippen molar-refractivity contribution in [3.05, 3.63) is 46.2 Å². The molecule has 128 valence electrons. The molecule has 2 rings (SSSR count). The quantitative estimate of drug-likeness (QED) is 0.534. The molecular weight excluding hydrogens is 390 g/mol. The number of nitrogens with zero attached hydrogens (tertiary/aromatic N) is 2. The molecule has 1 heterocycles. The summed E-state index contributed by atoms with van der Waals surface area (Å²) in [5.74, 6) is -0.417. The molecule has 0 spiro atoms. The normalized spacial score (nSPS) is 11.7. The van der Waals surface area contributed by atoms with Crippen molar-refractivity contribution < 1.29 is 4.79 Å². The third-order valence-electron chi connectivity index (χ3n) is 3.44. The number of nitrogens with one attached hydrogen (secondary N) is 3. The summed E-state index contributed by atoms with van der Waals surface area (Å²) >= 11 is 8.53. The van der Waals surface area contributed by atoms with Crippen LogP contribution in [-0.2, 0) is 11.3 Å². The Morgan fingerprint density at radius 1 is 1.38 bits per heavy atom. The van der Waals surface area contributed by atoms with Crippen molar-refractivity contribution >= 4 is 44.9 Å². The number of aromatic nitrogens is 2. The van der Waals surface area contributed by atoms with Gasteiger partial charge < -0.3 is 5.32 Å². The lowest BCUT2D eigenvalue weighted by molar-refractivity contribution is -0.125. The molecule has 8 heteroatoms. The van der Waals surface area contributed by atoms with Crippen LogP contribution >= 0.6 is 28.1 Å². The molecule has 0 unspecified atom stereocenters. The molecule has 0 bridgehead atoms. The second-order valence-corrected chi connectivity index (χ2v) is 6.99. The number of hydrogen-bond acceptors (Lipinski definition) is 3. The number of anilines is 1. The van der Waals surface area contributed by atoms with E-state index in [1.165, 1.54) is 5.56 Å². The van der Waals surface area contributed by atoms with Gasteiger partial charge in [-0.1, -0.05) is 24.6 Å². The van der Waals surface area contributed by atoms with Gasteiger partial charge in [0.1, 0.15) is 0 Å². The number of carbonyl (C=O) groups excluding carboxylic acids is 1. The van der Waals surface area contributed by atoms with E-state index in [1.807, 2.05) is 39.1 Å². The van der Waals surface area contributed by atoms with E-state index in [2.05, 4.69) is 43.3 Å². The zero-order valence-corrected chi connectivity index (χ0v) is 16.2. The number of hydrogen-bond donors (Lipinski definition) is 3. The molecule has 1 atom stereocenters. The van der Waals surface area contributed by atoms with Gasteiger partial charge in [-0.15, -0.1) is 0 Å². The van der Waals surface area contributed by atoms with E-state index in [0.29, 0.717) is 11.7 Å². The van der Waals surface area contributed by atoms with Gasteiger partial charge >= 0.3 is 0 Å². The Bertz CT molecular complexity index is 746. The molecule has 3 N–H and O–H groups in total. The third-order valence-corrected chi connectivity index (χ3v) is 4.05. The molecule has 0 aliphatic rings. The molecule has 0 radical (unpaired) electrons. The van der Waals surface area contributed by atoms with E-state index in [9.17, 15) is 4.79 Å². The Kier molecular flexibility index (Phi) is 6.33. The molecule has 6 nitrogen and oxygen atoms in total. The number of rotatable bonds is 4. The van der Waals surface area contributed by atoms with Crippen LogP contribution in [-0.4, -0.2) is 20.8 Å². The van der Waals surface area contributed by atoms with Crippen LogP contribution in [0.25, 0.3) is 0 Å². The smallest absolute Gasteiger partial charge is 0.243 e. The van der Waals surface area contributed by atoms with Crippen LogP contribution < -0.4 is 16.2 Å². The molecule has 0 saturated carbocycles. The average molecular weight is 410 g/mol. The molecule has 0 saturated heterocycles. The summed E-state index contributed by atoms with van der Waals surface area (Å²) in [6.45, 7) is 6.34. The second-order valence-electron chi connectivity index (χ2n) is 5.67. The van der Waals surface area contributed by atoms with Crippen molar-refractivity contribution in [2.45, 2.75) is 27.3 Å². The Labute approximate surface area is 155 Å².